The van der Waals surface area contributed by atoms with Crippen LogP contribution in [0.25, 0.3) is 0 Å². The summed E-state index contributed by atoms with van der Waals surface area (Å²) < 4.78 is 0. The molecule has 0 saturated heterocycles. The van der Waals surface area contributed by atoms with E-state index in [1.165, 1.54) is 0 Å². The quantitative estimate of drug-likeness (QED) is 0.0591. The molecule has 3 rings (SSSR count). The molecule has 0 aliphatic carbocycles. The fraction of sp³-hybridized carbons (Fsp3) is 0.733. The van der Waals surface area contributed by atoms with Gasteiger partial charge in [-0.2, -0.15) is 38.5 Å². The maximum atomic E-state index is 8.63. The Kier molecular flexibility index (Phi) is 341. The number of hydrogen-bond donors (Lipinski definition) is 18. The van der Waals surface area contributed by atoms with E-state index in [9.17, 15) is 0 Å². The standard InChI is InChI=1S/3C6H6O.9C4H10O.6C3H8O.6C3H7.6Ti/c3*7-6-4-2-1-3-5-6;3*1-4(2,3)5;3*1-4(2)3-5;3*1-2-3-4-5;3*1-3(2)4;3*1-2-3-4;6*1-3-2;;;;;;/h3*1-5,7H;3*5H,1-3H3;3*4-5H,3H2,1-2H3;3*5H,2-4H2,1H3;3*3-4H,1-2H3;3*4H,2-3H2,1H3;6*1,3H2,2H3;;;;;;/q;;;;;;;;;;;;;;;;;;6*-1;;;;;;. The van der Waals surface area contributed by atoms with E-state index in [0.717, 1.165) is 96.3 Å². The van der Waals surface area contributed by atoms with Crippen LogP contribution < -0.4 is 0 Å². The van der Waals surface area contributed by atoms with Crippen LogP contribution in [-0.4, -0.2) is 186 Å². The van der Waals surface area contributed by atoms with Gasteiger partial charge in [-0.05, 0) is 197 Å². The number of aromatic hydroxyl groups is 3. The predicted octanol–water partition coefficient (Wildman–Crippen LogP) is 20.4. The molecule has 0 bridgehead atoms. The number of rotatable bonds is 12. The Morgan fingerprint density at radius 3 is 0.342 bits per heavy atom. The van der Waals surface area contributed by atoms with Crippen LogP contribution in [0, 0.1) is 59.3 Å². The molecule has 3 aromatic rings. The zero-order chi connectivity index (χ0) is 91.3. The number of hydrogen-bond acceptors (Lipinski definition) is 18. The van der Waals surface area contributed by atoms with Gasteiger partial charge in [0.1, 0.15) is 17.2 Å². The average Bonchev–Trinajstić information content (AvgIpc) is 1.02. The van der Waals surface area contributed by atoms with E-state index in [2.05, 4.69) is 62.3 Å². The van der Waals surface area contributed by atoms with Crippen molar-refractivity contribution in [1.82, 2.24) is 0 Å². The molecule has 0 unspecified atom stereocenters. The van der Waals surface area contributed by atoms with E-state index >= 15 is 0 Å². The molecule has 0 aliphatic rings. The molecule has 18 nitrogen and oxygen atoms in total. The normalized spacial score (nSPS) is 8.21. The van der Waals surface area contributed by atoms with Gasteiger partial charge in [0.15, 0.2) is 0 Å². The van der Waals surface area contributed by atoms with Crippen molar-refractivity contribution in [3.8, 4) is 17.2 Å². The molecule has 0 radical (unpaired) electrons. The summed E-state index contributed by atoms with van der Waals surface area (Å²) >= 11 is 0. The molecule has 3 aromatic carbocycles. The first kappa shape index (κ1) is 193. The molecule has 0 atom stereocenters. The first-order valence-corrected chi connectivity index (χ1v) is 39.3. The molecular weight excluding hydrogens is 1660 g/mol. The van der Waals surface area contributed by atoms with Gasteiger partial charge in [0.25, 0.3) is 0 Å². The van der Waals surface area contributed by atoms with Crippen LogP contribution in [0.1, 0.15) is 325 Å². The van der Waals surface area contributed by atoms with Crippen molar-refractivity contribution in [3.05, 3.63) is 133 Å². The number of phenols is 3. The van der Waals surface area contributed by atoms with Crippen molar-refractivity contribution in [2.75, 3.05) is 59.5 Å². The van der Waals surface area contributed by atoms with Crippen LogP contribution in [0.5, 0.6) is 17.2 Å². The molecule has 0 aliphatic heterocycles. The Morgan fingerprint density at radius 2 is 0.325 bits per heavy atom. The van der Waals surface area contributed by atoms with Crippen molar-refractivity contribution < 1.29 is 222 Å². The van der Waals surface area contributed by atoms with Gasteiger partial charge in [0, 0.05) is 208 Å². The van der Waals surface area contributed by atoms with Gasteiger partial charge in [0.2, 0.25) is 0 Å². The second-order valence-corrected chi connectivity index (χ2v) is 26.9. The molecule has 0 heterocycles. The van der Waals surface area contributed by atoms with Gasteiger partial charge in [-0.3, -0.25) is 0 Å². The van der Waals surface area contributed by atoms with Crippen LogP contribution in [0.15, 0.2) is 91.0 Å². The summed E-state index contributed by atoms with van der Waals surface area (Å²) in [4.78, 5) is 0. The third-order valence-electron chi connectivity index (χ3n) is 5.57. The Labute approximate surface area is 801 Å². The molecule has 0 fully saturated rings. The molecule has 0 saturated carbocycles. The molecule has 696 valence electrons. The van der Waals surface area contributed by atoms with Crippen molar-refractivity contribution in [1.29, 1.82) is 0 Å². The minimum absolute atomic E-state index is 0. The maximum Gasteiger partial charge on any atom is 0.115 e. The van der Waals surface area contributed by atoms with Crippen LogP contribution in [-0.2, 0) is 130 Å². The number of phenolic OH excluding ortho intramolecular Hbond substituents is 3. The second-order valence-electron chi connectivity index (χ2n) is 26.9. The van der Waals surface area contributed by atoms with Crippen LogP contribution >= 0.6 is 0 Å². The zero-order valence-electron chi connectivity index (χ0n) is 80.4. The molecular formula is C90H198O18Ti6-6. The Hall–Kier alpha value is 0.746. The van der Waals surface area contributed by atoms with E-state index in [1.807, 2.05) is 122 Å². The van der Waals surface area contributed by atoms with Crippen molar-refractivity contribution in [2.45, 2.75) is 360 Å². The number of aliphatic hydroxyl groups excluding tert-OH is 12. The Balaban J connectivity index is -0.0000000278. The molecule has 0 aromatic heterocycles. The molecule has 0 amide bonds. The van der Waals surface area contributed by atoms with Gasteiger partial charge in [-0.15, -0.1) is 0 Å². The fourth-order valence-corrected chi connectivity index (χ4v) is 1.76. The van der Waals surface area contributed by atoms with Crippen molar-refractivity contribution in [2.24, 2.45) is 17.8 Å². The monoisotopic (exact) mass is 1860 g/mol. The number of unbranched alkanes of at least 4 members (excludes halogenated alkanes) is 3. The van der Waals surface area contributed by atoms with Gasteiger partial charge in [-0.25, -0.2) is 0 Å². The second kappa shape index (κ2) is 201. The topological polar surface area (TPSA) is 364 Å². The van der Waals surface area contributed by atoms with Gasteiger partial charge in [-0.1, -0.05) is 198 Å². The molecule has 24 heteroatoms. The third kappa shape index (κ3) is 891. The summed E-state index contributed by atoms with van der Waals surface area (Å²) in [6, 6.07) is 26.1. The summed E-state index contributed by atoms with van der Waals surface area (Å²) in [5.41, 5.74) is -1.50. The molecule has 114 heavy (non-hydrogen) atoms. The van der Waals surface area contributed by atoms with Crippen LogP contribution in [0.4, 0.5) is 0 Å². The van der Waals surface area contributed by atoms with Gasteiger partial charge >= 0.3 is 0 Å². The van der Waals surface area contributed by atoms with E-state index in [0.29, 0.717) is 94.5 Å². The van der Waals surface area contributed by atoms with Crippen LogP contribution in [0.2, 0.25) is 0 Å². The molecule has 18 N–H and O–H groups in total. The van der Waals surface area contributed by atoms with Crippen molar-refractivity contribution >= 4 is 0 Å². The Bertz CT molecular complexity index is 1340. The first-order valence-electron chi connectivity index (χ1n) is 39.3. The number of aliphatic hydroxyl groups is 15. The summed E-state index contributed by atoms with van der Waals surface area (Å²) in [6.07, 6.45) is 14.2. The van der Waals surface area contributed by atoms with Gasteiger partial charge < -0.3 is 133 Å². The number of para-hydroxylation sites is 3. The van der Waals surface area contributed by atoms with E-state index in [4.69, 9.17) is 91.9 Å². The minimum atomic E-state index is -0.500. The molecule has 0 spiro atoms. The van der Waals surface area contributed by atoms with Crippen molar-refractivity contribution in [3.63, 3.8) is 0 Å². The largest absolute Gasteiger partial charge is 0.508 e. The smallest absolute Gasteiger partial charge is 0.115 e. The number of benzene rings is 3. The summed E-state index contributed by atoms with van der Waals surface area (Å²) in [5.74, 6) is 2.28. The summed E-state index contributed by atoms with van der Waals surface area (Å²) in [6.45, 7) is 85.7. The maximum absolute atomic E-state index is 8.63. The van der Waals surface area contributed by atoms with Gasteiger partial charge in [0.05, 0.1) is 16.8 Å². The summed E-state index contributed by atoms with van der Waals surface area (Å²) in [5, 5.41) is 148. The fourth-order valence-electron chi connectivity index (χ4n) is 1.76. The Morgan fingerprint density at radius 1 is 0.246 bits per heavy atom. The first-order chi connectivity index (χ1) is 49.7. The SMILES string of the molecule is CC(C)(C)O.CC(C)(C)O.CC(C)(C)O.CC(C)CO.CC(C)CO.CC(C)CO.CC(C)O.CC(C)O.CC(C)O.CCCCO.CCCCO.CCCCO.CCCO.CCCO.CCCO.Oc1ccccc1.Oc1ccccc1.Oc1ccccc1.[CH2-]CC.[CH2-]CC.[CH2-]CC.[CH2-]CC.[CH2-]CC.[CH2-]CC.[Ti].[Ti].[Ti].[Ti].[Ti].[Ti]. The van der Waals surface area contributed by atoms with E-state index in [-0.39, 0.29) is 149 Å². The third-order valence-corrected chi connectivity index (χ3v) is 5.57. The summed E-state index contributed by atoms with van der Waals surface area (Å²) in [7, 11) is 0. The minimum Gasteiger partial charge on any atom is -0.508 e. The van der Waals surface area contributed by atoms with Crippen LogP contribution in [0.3, 0.4) is 0 Å². The zero-order valence-corrected chi connectivity index (χ0v) is 89.8. The average molecular weight is 1860 g/mol. The van der Waals surface area contributed by atoms with E-state index < -0.39 is 16.8 Å². The predicted molar refractivity (Wildman–Crippen MR) is 480 cm³/mol. The van der Waals surface area contributed by atoms with E-state index in [1.54, 1.807) is 177 Å².